The standard InChI is InChI=1S/C31H37F6N3O2/c1-20(21-16-23(30(32,33)34)18-24(17-21)31(35,36)37)27(42)38-29(22-8-6-5-7-9-22)12-10-25(11-13-29)39-14-15-40(26(41)19-39)28(2,3)4/h5-9,16-18,20,25H,10-15,19H2,1-4H3,(H,38,42)/t20?,25-,29-. The fourth-order valence-electron chi connectivity index (χ4n) is 6.14. The summed E-state index contributed by atoms with van der Waals surface area (Å²) in [6.45, 7) is 8.98. The summed E-state index contributed by atoms with van der Waals surface area (Å²) in [5, 5.41) is 3.03. The van der Waals surface area contributed by atoms with Crippen LogP contribution in [0.15, 0.2) is 48.5 Å². The number of piperazine rings is 1. The summed E-state index contributed by atoms with van der Waals surface area (Å²) in [5.41, 5.74) is -3.56. The van der Waals surface area contributed by atoms with Crippen molar-refractivity contribution in [2.75, 3.05) is 19.6 Å². The van der Waals surface area contributed by atoms with Gasteiger partial charge in [0.25, 0.3) is 0 Å². The number of alkyl halides is 6. The molecule has 0 radical (unpaired) electrons. The maximum absolute atomic E-state index is 13.5. The zero-order chi connectivity index (χ0) is 31.1. The van der Waals surface area contributed by atoms with Crippen LogP contribution in [0.25, 0.3) is 0 Å². The molecule has 42 heavy (non-hydrogen) atoms. The van der Waals surface area contributed by atoms with Gasteiger partial charge in [0.15, 0.2) is 0 Å². The average molecular weight is 598 g/mol. The first kappa shape index (κ1) is 31.8. The van der Waals surface area contributed by atoms with Gasteiger partial charge in [-0.2, -0.15) is 26.3 Å². The molecule has 0 aromatic heterocycles. The first-order chi connectivity index (χ1) is 19.4. The van der Waals surface area contributed by atoms with Crippen molar-refractivity contribution in [2.45, 2.75) is 88.8 Å². The fraction of sp³-hybridized carbons (Fsp3) is 0.548. The van der Waals surface area contributed by atoms with Crippen LogP contribution in [0.5, 0.6) is 0 Å². The van der Waals surface area contributed by atoms with Crippen molar-refractivity contribution in [2.24, 2.45) is 0 Å². The van der Waals surface area contributed by atoms with Crippen LogP contribution in [-0.2, 0) is 27.5 Å². The Bertz CT molecular complexity index is 1250. The molecular formula is C31H37F6N3O2. The summed E-state index contributed by atoms with van der Waals surface area (Å²) in [6.07, 6.45) is -7.68. The van der Waals surface area contributed by atoms with Gasteiger partial charge < -0.3 is 10.2 Å². The van der Waals surface area contributed by atoms with Crippen LogP contribution in [0.2, 0.25) is 0 Å². The molecule has 1 N–H and O–H groups in total. The molecule has 1 unspecified atom stereocenters. The minimum absolute atomic E-state index is 0.0624. The number of benzene rings is 2. The van der Waals surface area contributed by atoms with Gasteiger partial charge in [-0.15, -0.1) is 0 Å². The number of carbonyl (C=O) groups excluding carboxylic acids is 2. The predicted molar refractivity (Wildman–Crippen MR) is 146 cm³/mol. The Hall–Kier alpha value is -3.08. The topological polar surface area (TPSA) is 52.7 Å². The Kier molecular flexibility index (Phi) is 8.75. The average Bonchev–Trinajstić information content (AvgIpc) is 2.91. The lowest BCUT2D eigenvalue weighted by molar-refractivity contribution is -0.144. The number of amides is 2. The van der Waals surface area contributed by atoms with E-state index in [-0.39, 0.29) is 29.1 Å². The fourth-order valence-corrected chi connectivity index (χ4v) is 6.14. The summed E-state index contributed by atoms with van der Waals surface area (Å²) < 4.78 is 80.7. The van der Waals surface area contributed by atoms with Crippen LogP contribution >= 0.6 is 0 Å². The molecule has 0 bridgehead atoms. The van der Waals surface area contributed by atoms with Crippen molar-refractivity contribution in [3.8, 4) is 0 Å². The molecule has 1 saturated carbocycles. The smallest absolute Gasteiger partial charge is 0.346 e. The molecule has 11 heteroatoms. The molecule has 4 rings (SSSR count). The largest absolute Gasteiger partial charge is 0.416 e. The minimum Gasteiger partial charge on any atom is -0.346 e. The van der Waals surface area contributed by atoms with E-state index in [4.69, 9.17) is 0 Å². The van der Waals surface area contributed by atoms with Gasteiger partial charge in [0.05, 0.1) is 29.1 Å². The third-order valence-corrected chi connectivity index (χ3v) is 8.58. The second kappa shape index (κ2) is 11.5. The van der Waals surface area contributed by atoms with Crippen molar-refractivity contribution >= 4 is 11.8 Å². The third-order valence-electron chi connectivity index (χ3n) is 8.58. The third kappa shape index (κ3) is 6.93. The van der Waals surface area contributed by atoms with Crippen molar-refractivity contribution in [3.63, 3.8) is 0 Å². The van der Waals surface area contributed by atoms with E-state index >= 15 is 0 Å². The van der Waals surface area contributed by atoms with Gasteiger partial charge in [0.1, 0.15) is 0 Å². The van der Waals surface area contributed by atoms with E-state index in [1.54, 1.807) is 0 Å². The van der Waals surface area contributed by atoms with E-state index in [0.717, 1.165) is 12.1 Å². The van der Waals surface area contributed by atoms with Crippen molar-refractivity contribution < 1.29 is 35.9 Å². The zero-order valence-corrected chi connectivity index (χ0v) is 24.2. The highest BCUT2D eigenvalue weighted by atomic mass is 19.4. The van der Waals surface area contributed by atoms with Crippen LogP contribution in [0.3, 0.4) is 0 Å². The maximum atomic E-state index is 13.5. The molecule has 5 nitrogen and oxygen atoms in total. The van der Waals surface area contributed by atoms with Crippen molar-refractivity contribution in [1.82, 2.24) is 15.1 Å². The van der Waals surface area contributed by atoms with Crippen LogP contribution in [0.1, 0.15) is 81.5 Å². The van der Waals surface area contributed by atoms with Crippen LogP contribution in [0.4, 0.5) is 26.3 Å². The highest BCUT2D eigenvalue weighted by Crippen LogP contribution is 2.41. The van der Waals surface area contributed by atoms with E-state index < -0.39 is 40.8 Å². The summed E-state index contributed by atoms with van der Waals surface area (Å²) in [7, 11) is 0. The number of halogens is 6. The van der Waals surface area contributed by atoms with Gasteiger partial charge in [-0.1, -0.05) is 30.3 Å². The Labute approximate surface area is 242 Å². The molecule has 1 saturated heterocycles. The first-order valence-corrected chi connectivity index (χ1v) is 14.1. The molecule has 0 spiro atoms. The first-order valence-electron chi connectivity index (χ1n) is 14.1. The van der Waals surface area contributed by atoms with Gasteiger partial charge in [-0.05, 0) is 82.7 Å². The lowest BCUT2D eigenvalue weighted by atomic mass is 9.74. The number of rotatable bonds is 5. The van der Waals surface area contributed by atoms with Gasteiger partial charge in [-0.25, -0.2) is 0 Å². The Morgan fingerprint density at radius 1 is 0.905 bits per heavy atom. The van der Waals surface area contributed by atoms with Crippen LogP contribution in [-0.4, -0.2) is 52.8 Å². The Morgan fingerprint density at radius 3 is 1.93 bits per heavy atom. The number of nitrogens with one attached hydrogen (secondary N) is 1. The quantitative estimate of drug-likeness (QED) is 0.389. The number of hydrogen-bond acceptors (Lipinski definition) is 3. The second-order valence-electron chi connectivity index (χ2n) is 12.4. The number of carbonyl (C=O) groups is 2. The molecule has 2 amide bonds. The summed E-state index contributed by atoms with van der Waals surface area (Å²) in [5.74, 6) is -1.86. The van der Waals surface area contributed by atoms with E-state index in [2.05, 4.69) is 10.2 Å². The highest BCUT2D eigenvalue weighted by molar-refractivity contribution is 5.84. The summed E-state index contributed by atoms with van der Waals surface area (Å²) in [6, 6.07) is 10.6. The normalized spacial score (nSPS) is 23.5. The lowest BCUT2D eigenvalue weighted by Crippen LogP contribution is -2.60. The van der Waals surface area contributed by atoms with E-state index in [1.165, 1.54) is 6.92 Å². The van der Waals surface area contributed by atoms with E-state index in [1.807, 2.05) is 56.0 Å². The highest BCUT2D eigenvalue weighted by Gasteiger charge is 2.43. The minimum atomic E-state index is -5.00. The van der Waals surface area contributed by atoms with Crippen molar-refractivity contribution in [1.29, 1.82) is 0 Å². The van der Waals surface area contributed by atoms with Crippen molar-refractivity contribution in [3.05, 3.63) is 70.8 Å². The molecule has 2 aromatic carbocycles. The van der Waals surface area contributed by atoms with Gasteiger partial charge in [0.2, 0.25) is 11.8 Å². The van der Waals surface area contributed by atoms with Gasteiger partial charge in [-0.3, -0.25) is 14.5 Å². The monoisotopic (exact) mass is 597 g/mol. The zero-order valence-electron chi connectivity index (χ0n) is 24.2. The molecule has 230 valence electrons. The van der Waals surface area contributed by atoms with E-state index in [0.29, 0.717) is 50.9 Å². The van der Waals surface area contributed by atoms with Crippen LogP contribution < -0.4 is 5.32 Å². The van der Waals surface area contributed by atoms with E-state index in [9.17, 15) is 35.9 Å². The molecule has 1 atom stereocenters. The molecular weight excluding hydrogens is 560 g/mol. The summed E-state index contributed by atoms with van der Waals surface area (Å²) in [4.78, 5) is 30.4. The lowest BCUT2D eigenvalue weighted by Gasteiger charge is -2.48. The SMILES string of the molecule is CC(C(=O)N[C@]1(c2ccccc2)CC[C@@H](N2CCN(C(C)(C)C)C(=O)C2)CC1)c1cc(C(F)(F)F)cc(C(F)(F)F)c1. The molecule has 1 aliphatic carbocycles. The predicted octanol–water partition coefficient (Wildman–Crippen LogP) is 6.72. The van der Waals surface area contributed by atoms with Gasteiger partial charge >= 0.3 is 12.4 Å². The second-order valence-corrected chi connectivity index (χ2v) is 12.4. The molecule has 2 fully saturated rings. The number of hydrogen-bond donors (Lipinski definition) is 1. The number of nitrogens with zero attached hydrogens (tertiary/aromatic N) is 2. The van der Waals surface area contributed by atoms with Crippen LogP contribution in [0, 0.1) is 0 Å². The molecule has 1 aliphatic heterocycles. The molecule has 1 heterocycles. The Balaban J connectivity index is 1.55. The Morgan fingerprint density at radius 2 is 1.45 bits per heavy atom. The van der Waals surface area contributed by atoms with Gasteiger partial charge in [0, 0.05) is 24.7 Å². The summed E-state index contributed by atoms with van der Waals surface area (Å²) >= 11 is 0. The maximum Gasteiger partial charge on any atom is 0.416 e. The molecule has 2 aromatic rings. The molecule has 2 aliphatic rings.